The third-order valence-electron chi connectivity index (χ3n) is 8.65. The maximum Gasteiger partial charge on any atom is 0.471 e. The molecule has 2 amide bonds. The molecule has 10 nitrogen and oxygen atoms in total. The molecular formula is C35H40F3N3O7. The zero-order valence-electron chi connectivity index (χ0n) is 26.5. The van der Waals surface area contributed by atoms with Crippen LogP contribution in [0.25, 0.3) is 0 Å². The van der Waals surface area contributed by atoms with Gasteiger partial charge >= 0.3 is 12.1 Å². The van der Waals surface area contributed by atoms with Crippen LogP contribution in [0.1, 0.15) is 65.6 Å². The second-order valence-electron chi connectivity index (χ2n) is 12.3. The Hall–Kier alpha value is -4.01. The van der Waals surface area contributed by atoms with Crippen LogP contribution in [-0.4, -0.2) is 81.9 Å². The molecule has 13 heteroatoms. The number of benzene rings is 3. The number of carbonyl (C=O) groups is 2. The predicted molar refractivity (Wildman–Crippen MR) is 168 cm³/mol. The van der Waals surface area contributed by atoms with Crippen molar-refractivity contribution in [2.75, 3.05) is 26.7 Å². The number of phenolic OH excluding ortho intramolecular Hbond substituents is 1. The van der Waals surface area contributed by atoms with Gasteiger partial charge in [-0.3, -0.25) is 9.59 Å². The molecule has 4 N–H and O–H groups in total. The van der Waals surface area contributed by atoms with Gasteiger partial charge in [-0.25, -0.2) is 0 Å². The van der Waals surface area contributed by atoms with E-state index in [2.05, 4.69) is 5.32 Å². The molecule has 2 aliphatic rings. The number of nitrogens with zero attached hydrogens (tertiary/aromatic N) is 2. The molecule has 2 saturated heterocycles. The molecule has 258 valence electrons. The Morgan fingerprint density at radius 1 is 1.02 bits per heavy atom. The van der Waals surface area contributed by atoms with Gasteiger partial charge < -0.3 is 39.9 Å². The van der Waals surface area contributed by atoms with E-state index in [-0.39, 0.29) is 44.1 Å². The highest BCUT2D eigenvalue weighted by Gasteiger charge is 2.47. The minimum absolute atomic E-state index is 0.0603. The molecule has 5 atom stereocenters. The van der Waals surface area contributed by atoms with E-state index in [9.17, 15) is 38.1 Å². The van der Waals surface area contributed by atoms with Crippen molar-refractivity contribution in [1.29, 1.82) is 0 Å². The summed E-state index contributed by atoms with van der Waals surface area (Å²) in [6.45, 7) is 0.636. The Balaban J connectivity index is 1.24. The quantitative estimate of drug-likeness (QED) is 0.238. The van der Waals surface area contributed by atoms with Crippen molar-refractivity contribution in [2.45, 2.75) is 69.2 Å². The highest BCUT2D eigenvalue weighted by Crippen LogP contribution is 2.38. The Bertz CT molecular complexity index is 1540. The summed E-state index contributed by atoms with van der Waals surface area (Å²) >= 11 is 0. The number of alkyl halides is 3. The SMILES string of the molecule is CN(CC1CC(c2ccc(CO)cc2)OC(c2ccc(CNC(=O)C3CCCN3C(=O)C(F)(F)F)cc2)O1)CC(O)c1cccc(O)c1. The summed E-state index contributed by atoms with van der Waals surface area (Å²) < 4.78 is 51.7. The van der Waals surface area contributed by atoms with Gasteiger partial charge in [0.05, 0.1) is 24.9 Å². The van der Waals surface area contributed by atoms with E-state index in [4.69, 9.17) is 9.47 Å². The minimum atomic E-state index is -5.04. The maximum atomic E-state index is 13.0. The summed E-state index contributed by atoms with van der Waals surface area (Å²) in [4.78, 5) is 27.0. The smallest absolute Gasteiger partial charge is 0.471 e. The molecule has 0 aliphatic carbocycles. The topological polar surface area (TPSA) is 132 Å². The van der Waals surface area contributed by atoms with Crippen LogP contribution in [0, 0.1) is 0 Å². The van der Waals surface area contributed by atoms with Crippen LogP contribution in [0.5, 0.6) is 5.75 Å². The number of aromatic hydroxyl groups is 1. The highest BCUT2D eigenvalue weighted by atomic mass is 19.4. The average molecular weight is 672 g/mol. The number of aliphatic hydroxyl groups excluding tert-OH is 2. The van der Waals surface area contributed by atoms with Crippen molar-refractivity contribution in [3.8, 4) is 5.75 Å². The number of hydrogen-bond acceptors (Lipinski definition) is 8. The molecular weight excluding hydrogens is 631 g/mol. The number of rotatable bonds is 11. The zero-order valence-corrected chi connectivity index (χ0v) is 26.5. The highest BCUT2D eigenvalue weighted by molar-refractivity contribution is 5.90. The van der Waals surface area contributed by atoms with Crippen LogP contribution >= 0.6 is 0 Å². The molecule has 5 unspecified atom stereocenters. The molecule has 3 aromatic carbocycles. The number of nitrogens with one attached hydrogen (secondary N) is 1. The third-order valence-corrected chi connectivity index (χ3v) is 8.65. The van der Waals surface area contributed by atoms with E-state index in [0.29, 0.717) is 47.5 Å². The maximum absolute atomic E-state index is 13.0. The normalized spacial score (nSPS) is 22.1. The Morgan fingerprint density at radius 3 is 2.38 bits per heavy atom. The fourth-order valence-corrected chi connectivity index (χ4v) is 6.13. The molecule has 0 spiro atoms. The molecule has 2 aliphatic heterocycles. The van der Waals surface area contributed by atoms with Crippen LogP contribution in [0.15, 0.2) is 72.8 Å². The van der Waals surface area contributed by atoms with Crippen molar-refractivity contribution < 1.29 is 47.6 Å². The number of amides is 2. The van der Waals surface area contributed by atoms with Gasteiger partial charge in [0.1, 0.15) is 11.8 Å². The van der Waals surface area contributed by atoms with Gasteiger partial charge in [-0.2, -0.15) is 13.2 Å². The largest absolute Gasteiger partial charge is 0.508 e. The van der Waals surface area contributed by atoms with Crippen LogP contribution in [0.3, 0.4) is 0 Å². The van der Waals surface area contributed by atoms with Gasteiger partial charge in [-0.1, -0.05) is 60.7 Å². The molecule has 0 radical (unpaired) electrons. The van der Waals surface area contributed by atoms with Crippen molar-refractivity contribution in [3.63, 3.8) is 0 Å². The van der Waals surface area contributed by atoms with Gasteiger partial charge in [0.25, 0.3) is 0 Å². The van der Waals surface area contributed by atoms with E-state index in [1.807, 2.05) is 36.2 Å². The Morgan fingerprint density at radius 2 is 1.71 bits per heavy atom. The first-order valence-corrected chi connectivity index (χ1v) is 15.8. The summed E-state index contributed by atoms with van der Waals surface area (Å²) in [6, 6.07) is 19.9. The lowest BCUT2D eigenvalue weighted by Gasteiger charge is -2.38. The van der Waals surface area contributed by atoms with E-state index < -0.39 is 36.4 Å². The number of hydrogen-bond donors (Lipinski definition) is 4. The van der Waals surface area contributed by atoms with Crippen molar-refractivity contribution in [3.05, 3.63) is 101 Å². The number of likely N-dealkylation sites (tertiary alicyclic amines) is 1. The second kappa shape index (κ2) is 15.5. The van der Waals surface area contributed by atoms with Crippen LogP contribution < -0.4 is 5.32 Å². The summed E-state index contributed by atoms with van der Waals surface area (Å²) in [7, 11) is 1.87. The number of phenols is 1. The standard InChI is InChI=1S/C35H40F3N3O7/c1-40(20-30(44)26-4-2-5-27(43)16-26)19-28-17-31(24-11-9-23(21-42)10-12-24)48-33(47-28)25-13-7-22(8-14-25)18-39-32(45)29-6-3-15-41(29)34(46)35(36,37)38/h2,4-5,7-14,16,28-31,33,42-44H,3,6,15,17-21H2,1H3,(H,39,45). The lowest BCUT2D eigenvalue weighted by Crippen LogP contribution is -2.50. The summed E-state index contributed by atoms with van der Waals surface area (Å²) in [5.74, 6) is -2.56. The number of ether oxygens (including phenoxy) is 2. The van der Waals surface area contributed by atoms with E-state index >= 15 is 0 Å². The average Bonchev–Trinajstić information content (AvgIpc) is 3.56. The number of carbonyl (C=O) groups excluding carboxylic acids is 2. The van der Waals surface area contributed by atoms with E-state index in [0.717, 1.165) is 11.1 Å². The predicted octanol–water partition coefficient (Wildman–Crippen LogP) is 4.26. The Labute approximate surface area is 276 Å². The van der Waals surface area contributed by atoms with Gasteiger partial charge in [-0.15, -0.1) is 0 Å². The fourth-order valence-electron chi connectivity index (χ4n) is 6.13. The van der Waals surface area contributed by atoms with Crippen LogP contribution in [-0.2, 0) is 32.2 Å². The van der Waals surface area contributed by atoms with Crippen molar-refractivity contribution in [1.82, 2.24) is 15.1 Å². The van der Waals surface area contributed by atoms with Gasteiger partial charge in [0.15, 0.2) is 6.29 Å². The van der Waals surface area contributed by atoms with Crippen molar-refractivity contribution in [2.24, 2.45) is 0 Å². The molecule has 0 aromatic heterocycles. The first-order valence-electron chi connectivity index (χ1n) is 15.8. The molecule has 2 heterocycles. The first-order chi connectivity index (χ1) is 22.9. The molecule has 2 fully saturated rings. The number of aliphatic hydroxyl groups is 2. The minimum Gasteiger partial charge on any atom is -0.508 e. The number of likely N-dealkylation sites (N-methyl/N-ethyl adjacent to an activating group) is 1. The van der Waals surface area contributed by atoms with Crippen LogP contribution in [0.2, 0.25) is 0 Å². The van der Waals surface area contributed by atoms with E-state index in [1.54, 1.807) is 42.5 Å². The van der Waals surface area contributed by atoms with Crippen LogP contribution in [0.4, 0.5) is 13.2 Å². The van der Waals surface area contributed by atoms with Gasteiger partial charge in [0, 0.05) is 38.2 Å². The monoisotopic (exact) mass is 671 g/mol. The molecule has 0 bridgehead atoms. The fraction of sp³-hybridized carbons (Fsp3) is 0.429. The molecule has 5 rings (SSSR count). The molecule has 3 aromatic rings. The lowest BCUT2D eigenvalue weighted by atomic mass is 9.99. The number of halogens is 3. The third kappa shape index (κ3) is 8.91. The zero-order chi connectivity index (χ0) is 34.4. The molecule has 0 saturated carbocycles. The van der Waals surface area contributed by atoms with Gasteiger partial charge in [0.2, 0.25) is 5.91 Å². The van der Waals surface area contributed by atoms with Gasteiger partial charge in [-0.05, 0) is 54.3 Å². The molecule has 48 heavy (non-hydrogen) atoms. The second-order valence-corrected chi connectivity index (χ2v) is 12.3. The Kier molecular flexibility index (Phi) is 11.4. The van der Waals surface area contributed by atoms with E-state index in [1.165, 1.54) is 6.07 Å². The summed E-state index contributed by atoms with van der Waals surface area (Å²) in [6.07, 6.45) is -6.23. The summed E-state index contributed by atoms with van der Waals surface area (Å²) in [5.41, 5.74) is 3.70. The van der Waals surface area contributed by atoms with Crippen molar-refractivity contribution >= 4 is 11.8 Å². The lowest BCUT2D eigenvalue weighted by molar-refractivity contribution is -0.252. The first kappa shape index (κ1) is 35.3. The summed E-state index contributed by atoms with van der Waals surface area (Å²) in [5, 5.41) is 32.7.